The number of piperidine rings is 1. The number of nitrogens with zero attached hydrogens (tertiary/aromatic N) is 4. The zero-order valence-corrected chi connectivity index (χ0v) is 16.5. The Hall–Kier alpha value is -2.25. The van der Waals surface area contributed by atoms with Gasteiger partial charge in [-0.1, -0.05) is 36.7 Å². The molecule has 4 heterocycles. The number of halogens is 2. The molecule has 148 valence electrons. The fourth-order valence-corrected chi connectivity index (χ4v) is 4.24. The zero-order chi connectivity index (χ0) is 19.7. The highest BCUT2D eigenvalue weighted by atomic mass is 35.5. The van der Waals surface area contributed by atoms with Gasteiger partial charge in [0.05, 0.1) is 12.2 Å². The van der Waals surface area contributed by atoms with E-state index < -0.39 is 0 Å². The monoisotopic (exact) mass is 403 g/mol. The molecule has 0 spiro atoms. The predicted octanol–water partition coefficient (Wildman–Crippen LogP) is 2.41. The van der Waals surface area contributed by atoms with Crippen LogP contribution < -0.4 is 10.2 Å². The second kappa shape index (κ2) is 8.01. The maximum absolute atomic E-state index is 14.5. The SMILES string of the molecule is CCc1ncnc(N2CC3CC(C2)N3CC(=O)NCc2ccccc2Cl)c1F. The van der Waals surface area contributed by atoms with Gasteiger partial charge >= 0.3 is 0 Å². The van der Waals surface area contributed by atoms with Crippen LogP contribution in [0.4, 0.5) is 10.2 Å². The lowest BCUT2D eigenvalue weighted by Crippen LogP contribution is -2.70. The summed E-state index contributed by atoms with van der Waals surface area (Å²) in [5.74, 6) is 0.0317. The fourth-order valence-electron chi connectivity index (χ4n) is 4.04. The first kappa shape index (κ1) is 19.1. The summed E-state index contributed by atoms with van der Waals surface area (Å²) in [7, 11) is 0. The Morgan fingerprint density at radius 3 is 2.75 bits per heavy atom. The molecule has 8 heteroatoms. The van der Waals surface area contributed by atoms with Gasteiger partial charge in [0.15, 0.2) is 11.6 Å². The molecule has 0 radical (unpaired) electrons. The van der Waals surface area contributed by atoms with Crippen molar-refractivity contribution in [3.05, 3.63) is 52.7 Å². The molecule has 2 bridgehead atoms. The summed E-state index contributed by atoms with van der Waals surface area (Å²) in [5, 5.41) is 3.59. The van der Waals surface area contributed by atoms with E-state index in [2.05, 4.69) is 20.2 Å². The van der Waals surface area contributed by atoms with Crippen molar-refractivity contribution in [3.8, 4) is 0 Å². The van der Waals surface area contributed by atoms with Gasteiger partial charge in [0, 0.05) is 36.7 Å². The van der Waals surface area contributed by atoms with Gasteiger partial charge < -0.3 is 10.2 Å². The summed E-state index contributed by atoms with van der Waals surface area (Å²) in [6.07, 6.45) is 3.00. The normalized spacial score (nSPS) is 21.3. The quantitative estimate of drug-likeness (QED) is 0.802. The van der Waals surface area contributed by atoms with Gasteiger partial charge in [-0.2, -0.15) is 0 Å². The van der Waals surface area contributed by atoms with E-state index in [0.29, 0.717) is 49.1 Å². The van der Waals surface area contributed by atoms with Gasteiger partial charge in [-0.05, 0) is 24.5 Å². The topological polar surface area (TPSA) is 61.4 Å². The molecule has 2 atom stereocenters. The Kier molecular flexibility index (Phi) is 5.46. The lowest BCUT2D eigenvalue weighted by molar-refractivity contribution is -0.127. The number of anilines is 1. The molecule has 6 nitrogen and oxygen atoms in total. The molecule has 3 aliphatic rings. The average molecular weight is 404 g/mol. The highest BCUT2D eigenvalue weighted by Crippen LogP contribution is 2.34. The molecule has 0 saturated carbocycles. The van der Waals surface area contributed by atoms with Crippen LogP contribution in [-0.2, 0) is 17.8 Å². The predicted molar refractivity (Wildman–Crippen MR) is 106 cm³/mol. The van der Waals surface area contributed by atoms with Crippen LogP contribution in [0.5, 0.6) is 0 Å². The highest BCUT2D eigenvalue weighted by molar-refractivity contribution is 6.31. The smallest absolute Gasteiger partial charge is 0.234 e. The van der Waals surface area contributed by atoms with Gasteiger partial charge in [-0.15, -0.1) is 0 Å². The number of benzene rings is 1. The number of aromatic nitrogens is 2. The van der Waals surface area contributed by atoms with E-state index in [1.165, 1.54) is 6.33 Å². The van der Waals surface area contributed by atoms with Crippen molar-refractivity contribution in [2.45, 2.75) is 38.4 Å². The minimum Gasteiger partial charge on any atom is -0.351 e. The molecular formula is C20H23ClFN5O. The van der Waals surface area contributed by atoms with E-state index in [1.807, 2.05) is 36.1 Å². The summed E-state index contributed by atoms with van der Waals surface area (Å²) in [6, 6.07) is 7.96. The van der Waals surface area contributed by atoms with Crippen LogP contribution in [0.15, 0.2) is 30.6 Å². The van der Waals surface area contributed by atoms with Crippen molar-refractivity contribution in [1.29, 1.82) is 0 Å². The summed E-state index contributed by atoms with van der Waals surface area (Å²) in [5.41, 5.74) is 1.35. The number of fused-ring (bicyclic) bond motifs is 2. The second-order valence-corrected chi connectivity index (χ2v) is 7.71. The van der Waals surface area contributed by atoms with E-state index in [4.69, 9.17) is 11.6 Å². The number of nitrogens with one attached hydrogen (secondary N) is 1. The molecule has 5 rings (SSSR count). The molecule has 1 aromatic heterocycles. The van der Waals surface area contributed by atoms with E-state index in [1.54, 1.807) is 0 Å². The largest absolute Gasteiger partial charge is 0.351 e. The third-order valence-corrected chi connectivity index (χ3v) is 5.95. The molecule has 1 N–H and O–H groups in total. The van der Waals surface area contributed by atoms with Gasteiger partial charge in [-0.3, -0.25) is 9.69 Å². The molecule has 2 unspecified atom stereocenters. The van der Waals surface area contributed by atoms with Crippen molar-refractivity contribution < 1.29 is 9.18 Å². The lowest BCUT2D eigenvalue weighted by atomic mass is 9.87. The Morgan fingerprint density at radius 1 is 1.29 bits per heavy atom. The Bertz CT molecular complexity index is 867. The molecule has 0 aliphatic carbocycles. The molecule has 3 aliphatic heterocycles. The van der Waals surface area contributed by atoms with Gasteiger partial charge in [0.1, 0.15) is 6.33 Å². The van der Waals surface area contributed by atoms with Crippen molar-refractivity contribution >= 4 is 23.3 Å². The maximum atomic E-state index is 14.5. The van der Waals surface area contributed by atoms with Crippen LogP contribution in [0.3, 0.4) is 0 Å². The highest BCUT2D eigenvalue weighted by Gasteiger charge is 2.46. The third-order valence-electron chi connectivity index (χ3n) is 5.58. The van der Waals surface area contributed by atoms with Crippen molar-refractivity contribution in [3.63, 3.8) is 0 Å². The minimum absolute atomic E-state index is 0.0236. The number of aryl methyl sites for hydroxylation is 1. The van der Waals surface area contributed by atoms with Crippen LogP contribution in [0, 0.1) is 5.82 Å². The number of amides is 1. The van der Waals surface area contributed by atoms with Crippen LogP contribution in [0.25, 0.3) is 0 Å². The first-order valence-corrected chi connectivity index (χ1v) is 9.94. The van der Waals surface area contributed by atoms with Gasteiger partial charge in [-0.25, -0.2) is 14.4 Å². The zero-order valence-electron chi connectivity index (χ0n) is 15.7. The van der Waals surface area contributed by atoms with Crippen molar-refractivity contribution in [2.75, 3.05) is 24.5 Å². The number of piperazine rings is 1. The summed E-state index contributed by atoms with van der Waals surface area (Å²) in [6.45, 7) is 3.99. The van der Waals surface area contributed by atoms with Crippen molar-refractivity contribution in [2.24, 2.45) is 0 Å². The first-order chi connectivity index (χ1) is 13.6. The van der Waals surface area contributed by atoms with Crippen LogP contribution in [-0.4, -0.2) is 52.5 Å². The summed E-state index contributed by atoms with van der Waals surface area (Å²) >= 11 is 6.13. The van der Waals surface area contributed by atoms with Gasteiger partial charge in [0.25, 0.3) is 0 Å². The Balaban J connectivity index is 1.32. The van der Waals surface area contributed by atoms with Crippen LogP contribution in [0.1, 0.15) is 24.6 Å². The van der Waals surface area contributed by atoms with E-state index in [-0.39, 0.29) is 23.8 Å². The molecule has 3 fully saturated rings. The van der Waals surface area contributed by atoms with E-state index >= 15 is 0 Å². The number of carbonyl (C=O) groups excluding carboxylic acids is 1. The number of hydrogen-bond acceptors (Lipinski definition) is 5. The summed E-state index contributed by atoms with van der Waals surface area (Å²) in [4.78, 5) is 24.7. The molecule has 1 aromatic carbocycles. The minimum atomic E-state index is -0.324. The lowest BCUT2D eigenvalue weighted by Gasteiger charge is -2.56. The van der Waals surface area contributed by atoms with E-state index in [0.717, 1.165) is 12.0 Å². The number of carbonyl (C=O) groups is 1. The average Bonchev–Trinajstić information content (AvgIpc) is 2.71. The van der Waals surface area contributed by atoms with Crippen LogP contribution in [0.2, 0.25) is 5.02 Å². The van der Waals surface area contributed by atoms with Crippen molar-refractivity contribution in [1.82, 2.24) is 20.2 Å². The second-order valence-electron chi connectivity index (χ2n) is 7.30. The molecule has 2 aromatic rings. The number of hydrogen-bond donors (Lipinski definition) is 1. The Morgan fingerprint density at radius 2 is 2.04 bits per heavy atom. The molecular weight excluding hydrogens is 381 g/mol. The van der Waals surface area contributed by atoms with Crippen LogP contribution >= 0.6 is 11.6 Å². The van der Waals surface area contributed by atoms with E-state index in [9.17, 15) is 9.18 Å². The fraction of sp³-hybridized carbons (Fsp3) is 0.450. The third kappa shape index (κ3) is 3.69. The summed E-state index contributed by atoms with van der Waals surface area (Å²) < 4.78 is 14.5. The Labute approximate surface area is 168 Å². The molecule has 28 heavy (non-hydrogen) atoms. The molecule has 1 amide bonds. The van der Waals surface area contributed by atoms with Gasteiger partial charge in [0.2, 0.25) is 5.91 Å². The number of rotatable bonds is 6. The first-order valence-electron chi connectivity index (χ1n) is 9.57. The maximum Gasteiger partial charge on any atom is 0.234 e. The molecule has 3 saturated heterocycles. The standard InChI is InChI=1S/C20H23ClFN5O/c1-2-17-19(22)20(25-12-24-17)26-9-14-7-15(10-26)27(14)11-18(28)23-8-13-5-3-4-6-16(13)21/h3-6,12,14-15H,2,7-11H2,1H3,(H,23,28).